The number of benzene rings is 2. The van der Waals surface area contributed by atoms with E-state index >= 15 is 0 Å². The molecule has 0 aromatic heterocycles. The summed E-state index contributed by atoms with van der Waals surface area (Å²) in [5.41, 5.74) is 3.38. The molecule has 2 rings (SSSR count). The first-order valence-corrected chi connectivity index (χ1v) is 6.42. The summed E-state index contributed by atoms with van der Waals surface area (Å²) < 4.78 is 0. The summed E-state index contributed by atoms with van der Waals surface area (Å²) in [5, 5.41) is 0.673. The molecule has 0 fully saturated rings. The van der Waals surface area contributed by atoms with Crippen LogP contribution in [0.5, 0.6) is 0 Å². The van der Waals surface area contributed by atoms with Gasteiger partial charge in [0.15, 0.2) is 0 Å². The zero-order chi connectivity index (χ0) is 12.3. The number of rotatable bonds is 3. The van der Waals surface area contributed by atoms with E-state index in [0.717, 1.165) is 22.6 Å². The lowest BCUT2D eigenvalue weighted by atomic mass is 10.0. The number of hydrogen-bond donors (Lipinski definition) is 0. The monoisotopic (exact) mass is 264 g/mol. The third-order valence-electron chi connectivity index (χ3n) is 2.75. The van der Waals surface area contributed by atoms with Crippen molar-refractivity contribution in [2.24, 2.45) is 0 Å². The third kappa shape index (κ3) is 3.24. The Morgan fingerprint density at radius 2 is 1.76 bits per heavy atom. The van der Waals surface area contributed by atoms with E-state index in [2.05, 4.69) is 12.1 Å². The lowest BCUT2D eigenvalue weighted by molar-refractivity contribution is 0.919. The van der Waals surface area contributed by atoms with Gasteiger partial charge in [-0.3, -0.25) is 0 Å². The highest BCUT2D eigenvalue weighted by molar-refractivity contribution is 6.32. The first-order chi connectivity index (χ1) is 8.16. The van der Waals surface area contributed by atoms with Gasteiger partial charge in [-0.25, -0.2) is 0 Å². The van der Waals surface area contributed by atoms with Gasteiger partial charge in [0.2, 0.25) is 0 Å². The van der Waals surface area contributed by atoms with Crippen molar-refractivity contribution >= 4 is 23.2 Å². The molecule has 0 nitrogen and oxygen atoms in total. The highest BCUT2D eigenvalue weighted by Gasteiger charge is 2.12. The summed E-state index contributed by atoms with van der Waals surface area (Å²) in [6.07, 6.45) is 0.797. The van der Waals surface area contributed by atoms with Crippen LogP contribution in [0.4, 0.5) is 0 Å². The van der Waals surface area contributed by atoms with Gasteiger partial charge >= 0.3 is 0 Å². The molecule has 2 aromatic carbocycles. The Hall–Kier alpha value is -0.980. The molecule has 0 amide bonds. The predicted molar refractivity (Wildman–Crippen MR) is 74.9 cm³/mol. The van der Waals surface area contributed by atoms with E-state index < -0.39 is 0 Å². The fraction of sp³-hybridized carbons (Fsp3) is 0.200. The molecule has 0 aliphatic rings. The zero-order valence-electron chi connectivity index (χ0n) is 9.66. The van der Waals surface area contributed by atoms with E-state index in [0.29, 0.717) is 0 Å². The molecule has 0 aliphatic heterocycles. The van der Waals surface area contributed by atoms with Gasteiger partial charge in [0.25, 0.3) is 0 Å². The molecule has 0 radical (unpaired) electrons. The van der Waals surface area contributed by atoms with Crippen LogP contribution in [0, 0.1) is 6.92 Å². The molecule has 1 unspecified atom stereocenters. The van der Waals surface area contributed by atoms with Gasteiger partial charge < -0.3 is 0 Å². The van der Waals surface area contributed by atoms with E-state index in [-0.39, 0.29) is 5.38 Å². The van der Waals surface area contributed by atoms with E-state index in [1.165, 1.54) is 5.56 Å². The van der Waals surface area contributed by atoms with Crippen molar-refractivity contribution in [3.63, 3.8) is 0 Å². The summed E-state index contributed by atoms with van der Waals surface area (Å²) in [6, 6.07) is 16.2. The van der Waals surface area contributed by atoms with Crippen molar-refractivity contribution < 1.29 is 0 Å². The molecule has 0 saturated carbocycles. The fourth-order valence-corrected chi connectivity index (χ4v) is 2.61. The molecule has 0 saturated heterocycles. The van der Waals surface area contributed by atoms with Crippen LogP contribution in [-0.4, -0.2) is 0 Å². The van der Waals surface area contributed by atoms with Crippen LogP contribution < -0.4 is 0 Å². The second-order valence-corrected chi connectivity index (χ2v) is 5.12. The molecule has 0 N–H and O–H groups in total. The summed E-state index contributed by atoms with van der Waals surface area (Å²) in [6.45, 7) is 2.02. The largest absolute Gasteiger partial charge is 0.117 e. The molecular formula is C15H14Cl2. The van der Waals surface area contributed by atoms with Crippen molar-refractivity contribution in [2.75, 3.05) is 0 Å². The lowest BCUT2D eigenvalue weighted by Crippen LogP contribution is -1.97. The molecule has 88 valence electrons. The molecule has 2 heteroatoms. The van der Waals surface area contributed by atoms with E-state index in [1.54, 1.807) is 0 Å². The maximum Gasteiger partial charge on any atom is 0.0640 e. The molecule has 17 heavy (non-hydrogen) atoms. The van der Waals surface area contributed by atoms with Gasteiger partial charge in [-0.15, -0.1) is 11.6 Å². The molecule has 0 heterocycles. The smallest absolute Gasteiger partial charge is 0.0640 e. The average molecular weight is 265 g/mol. The summed E-state index contributed by atoms with van der Waals surface area (Å²) in [5.74, 6) is 0. The van der Waals surface area contributed by atoms with Crippen LogP contribution in [-0.2, 0) is 6.42 Å². The topological polar surface area (TPSA) is 0 Å². The van der Waals surface area contributed by atoms with Crippen molar-refractivity contribution in [1.29, 1.82) is 0 Å². The summed E-state index contributed by atoms with van der Waals surface area (Å²) in [7, 11) is 0. The molecule has 2 aromatic rings. The maximum absolute atomic E-state index is 6.41. The van der Waals surface area contributed by atoms with Gasteiger partial charge in [0.05, 0.1) is 5.38 Å². The minimum absolute atomic E-state index is 0.0782. The van der Waals surface area contributed by atoms with Crippen LogP contribution in [0.15, 0.2) is 48.5 Å². The quantitative estimate of drug-likeness (QED) is 0.671. The Bertz CT molecular complexity index is 492. The number of alkyl halides is 1. The van der Waals surface area contributed by atoms with Crippen LogP contribution in [0.1, 0.15) is 22.1 Å². The average Bonchev–Trinajstić information content (AvgIpc) is 2.30. The maximum atomic E-state index is 6.41. The minimum atomic E-state index is -0.0782. The van der Waals surface area contributed by atoms with Crippen LogP contribution >= 0.6 is 23.2 Å². The van der Waals surface area contributed by atoms with Gasteiger partial charge in [-0.2, -0.15) is 0 Å². The number of halogens is 2. The molecular weight excluding hydrogens is 251 g/mol. The first-order valence-electron chi connectivity index (χ1n) is 5.61. The van der Waals surface area contributed by atoms with Crippen molar-refractivity contribution in [3.8, 4) is 0 Å². The van der Waals surface area contributed by atoms with Crippen molar-refractivity contribution in [2.45, 2.75) is 18.7 Å². The standard InChI is InChI=1S/C15H14Cl2/c1-11-7-8-13(14(16)9-11)15(17)10-12-5-3-2-4-6-12/h2-9,15H,10H2,1H3. The Labute approximate surface area is 112 Å². The van der Waals surface area contributed by atoms with Crippen LogP contribution in [0.25, 0.3) is 0 Å². The van der Waals surface area contributed by atoms with Crippen molar-refractivity contribution in [1.82, 2.24) is 0 Å². The highest BCUT2D eigenvalue weighted by Crippen LogP contribution is 2.31. The van der Waals surface area contributed by atoms with Crippen molar-refractivity contribution in [3.05, 3.63) is 70.2 Å². The first kappa shape index (κ1) is 12.5. The van der Waals surface area contributed by atoms with E-state index in [1.807, 2.05) is 43.3 Å². The Morgan fingerprint density at radius 3 is 2.41 bits per heavy atom. The molecule has 0 aliphatic carbocycles. The lowest BCUT2D eigenvalue weighted by Gasteiger charge is -2.12. The Morgan fingerprint density at radius 1 is 1.06 bits per heavy atom. The molecule has 1 atom stereocenters. The Balaban J connectivity index is 2.17. The second kappa shape index (κ2) is 5.57. The van der Waals surface area contributed by atoms with Gasteiger partial charge in [-0.1, -0.05) is 54.1 Å². The Kier molecular flexibility index (Phi) is 4.09. The van der Waals surface area contributed by atoms with Gasteiger partial charge in [0.1, 0.15) is 0 Å². The number of aryl methyl sites for hydroxylation is 1. The highest BCUT2D eigenvalue weighted by atomic mass is 35.5. The number of hydrogen-bond acceptors (Lipinski definition) is 0. The SMILES string of the molecule is Cc1ccc(C(Cl)Cc2ccccc2)c(Cl)c1. The van der Waals surface area contributed by atoms with Crippen LogP contribution in [0.3, 0.4) is 0 Å². The summed E-state index contributed by atoms with van der Waals surface area (Å²) >= 11 is 12.6. The minimum Gasteiger partial charge on any atom is -0.117 e. The van der Waals surface area contributed by atoms with E-state index in [4.69, 9.17) is 23.2 Å². The van der Waals surface area contributed by atoms with Gasteiger partial charge in [0, 0.05) is 5.02 Å². The van der Waals surface area contributed by atoms with Crippen LogP contribution in [0.2, 0.25) is 5.02 Å². The summed E-state index contributed by atoms with van der Waals surface area (Å²) in [4.78, 5) is 0. The third-order valence-corrected chi connectivity index (χ3v) is 3.47. The normalized spacial score (nSPS) is 12.4. The molecule has 0 spiro atoms. The predicted octanol–water partition coefficient (Wildman–Crippen LogP) is 5.17. The second-order valence-electron chi connectivity index (χ2n) is 4.18. The van der Waals surface area contributed by atoms with Gasteiger partial charge in [-0.05, 0) is 36.1 Å². The zero-order valence-corrected chi connectivity index (χ0v) is 11.2. The molecule has 0 bridgehead atoms. The fourth-order valence-electron chi connectivity index (χ4n) is 1.82. The van der Waals surface area contributed by atoms with E-state index in [9.17, 15) is 0 Å².